The van der Waals surface area contributed by atoms with Crippen LogP contribution in [0.25, 0.3) is 0 Å². The number of anilines is 1. The van der Waals surface area contributed by atoms with Crippen molar-refractivity contribution in [2.75, 3.05) is 25.1 Å². The first kappa shape index (κ1) is 14.9. The number of nitrogens with zero attached hydrogens (tertiary/aromatic N) is 1. The van der Waals surface area contributed by atoms with E-state index in [0.29, 0.717) is 4.99 Å². The van der Waals surface area contributed by atoms with Crippen LogP contribution in [0.1, 0.15) is 31.0 Å². The van der Waals surface area contributed by atoms with Gasteiger partial charge in [0.25, 0.3) is 0 Å². The van der Waals surface area contributed by atoms with Crippen molar-refractivity contribution >= 4 is 23.0 Å². The predicted octanol–water partition coefficient (Wildman–Crippen LogP) is 2.25. The van der Waals surface area contributed by atoms with Gasteiger partial charge in [-0.3, -0.25) is 0 Å². The van der Waals surface area contributed by atoms with Crippen LogP contribution < -0.4 is 11.1 Å². The standard InChI is InChI=1S/C13H21N3OS/c1-3-8-17-9-4-7-15-13-11(12(14)18)6-5-10(2)16-13/h5-6H,3-4,7-9H2,1-2H3,(H2,14,18)(H,15,16). The fraction of sp³-hybridized carbons (Fsp3) is 0.538. The Balaban J connectivity index is 2.45. The third kappa shape index (κ3) is 4.98. The Morgan fingerprint density at radius 2 is 2.22 bits per heavy atom. The highest BCUT2D eigenvalue weighted by molar-refractivity contribution is 7.80. The second kappa shape index (κ2) is 8.00. The molecule has 0 spiro atoms. The van der Waals surface area contributed by atoms with Crippen molar-refractivity contribution in [1.82, 2.24) is 4.98 Å². The lowest BCUT2D eigenvalue weighted by molar-refractivity contribution is 0.134. The SMILES string of the molecule is CCCOCCCNc1nc(C)ccc1C(N)=S. The van der Waals surface area contributed by atoms with E-state index in [2.05, 4.69) is 17.2 Å². The molecule has 0 aliphatic rings. The van der Waals surface area contributed by atoms with Crippen LogP contribution in [-0.2, 0) is 4.74 Å². The molecule has 0 aromatic carbocycles. The normalized spacial score (nSPS) is 10.3. The number of aromatic nitrogens is 1. The highest BCUT2D eigenvalue weighted by Crippen LogP contribution is 2.13. The Hall–Kier alpha value is -1.20. The van der Waals surface area contributed by atoms with Crippen molar-refractivity contribution < 1.29 is 4.74 Å². The number of ether oxygens (including phenoxy) is 1. The summed E-state index contributed by atoms with van der Waals surface area (Å²) < 4.78 is 5.41. The van der Waals surface area contributed by atoms with Gasteiger partial charge in [0, 0.05) is 25.5 Å². The van der Waals surface area contributed by atoms with Crippen LogP contribution in [0.3, 0.4) is 0 Å². The molecule has 0 unspecified atom stereocenters. The molecule has 0 saturated heterocycles. The number of nitrogens with one attached hydrogen (secondary N) is 1. The number of hydrogen-bond acceptors (Lipinski definition) is 4. The van der Waals surface area contributed by atoms with Crippen molar-refractivity contribution in [2.45, 2.75) is 26.7 Å². The minimum Gasteiger partial charge on any atom is -0.389 e. The first-order chi connectivity index (χ1) is 8.65. The lowest BCUT2D eigenvalue weighted by Crippen LogP contribution is -2.16. The van der Waals surface area contributed by atoms with E-state index < -0.39 is 0 Å². The number of pyridine rings is 1. The Labute approximate surface area is 114 Å². The predicted molar refractivity (Wildman–Crippen MR) is 79.1 cm³/mol. The van der Waals surface area contributed by atoms with E-state index in [0.717, 1.165) is 49.7 Å². The number of thiocarbonyl (C=S) groups is 1. The molecule has 0 aliphatic heterocycles. The first-order valence-corrected chi connectivity index (χ1v) is 6.65. The maximum absolute atomic E-state index is 5.66. The van der Waals surface area contributed by atoms with Crippen LogP contribution in [0, 0.1) is 6.92 Å². The van der Waals surface area contributed by atoms with E-state index in [1.807, 2.05) is 19.1 Å². The van der Waals surface area contributed by atoms with Crippen LogP contribution >= 0.6 is 12.2 Å². The van der Waals surface area contributed by atoms with Crippen molar-refractivity contribution in [2.24, 2.45) is 5.73 Å². The van der Waals surface area contributed by atoms with Gasteiger partial charge in [0.15, 0.2) is 0 Å². The van der Waals surface area contributed by atoms with E-state index in [4.69, 9.17) is 22.7 Å². The van der Waals surface area contributed by atoms with Crippen LogP contribution in [-0.4, -0.2) is 29.7 Å². The quantitative estimate of drug-likeness (QED) is 0.559. The van der Waals surface area contributed by atoms with Crippen molar-refractivity contribution in [3.05, 3.63) is 23.4 Å². The molecule has 100 valence electrons. The molecule has 1 rings (SSSR count). The summed E-state index contributed by atoms with van der Waals surface area (Å²) in [5, 5.41) is 3.25. The first-order valence-electron chi connectivity index (χ1n) is 6.24. The second-order valence-corrected chi connectivity index (χ2v) is 4.55. The van der Waals surface area contributed by atoms with Gasteiger partial charge in [-0.2, -0.15) is 0 Å². The van der Waals surface area contributed by atoms with Gasteiger partial charge in [-0.1, -0.05) is 19.1 Å². The summed E-state index contributed by atoms with van der Waals surface area (Å²) >= 11 is 5.00. The topological polar surface area (TPSA) is 60.2 Å². The molecule has 0 radical (unpaired) electrons. The number of hydrogen-bond donors (Lipinski definition) is 2. The second-order valence-electron chi connectivity index (χ2n) is 4.11. The Morgan fingerprint density at radius 1 is 1.44 bits per heavy atom. The Morgan fingerprint density at radius 3 is 2.89 bits per heavy atom. The molecule has 0 amide bonds. The van der Waals surface area contributed by atoms with Crippen LogP contribution in [0.4, 0.5) is 5.82 Å². The van der Waals surface area contributed by atoms with Gasteiger partial charge in [-0.15, -0.1) is 0 Å². The number of nitrogens with two attached hydrogens (primary N) is 1. The lowest BCUT2D eigenvalue weighted by atomic mass is 10.2. The summed E-state index contributed by atoms with van der Waals surface area (Å²) in [5.41, 5.74) is 7.40. The van der Waals surface area contributed by atoms with E-state index in [1.54, 1.807) is 0 Å². The molecular weight excluding hydrogens is 246 g/mol. The minimum atomic E-state index is 0.368. The third-order valence-corrected chi connectivity index (χ3v) is 2.63. The van der Waals surface area contributed by atoms with Crippen molar-refractivity contribution in [3.8, 4) is 0 Å². The zero-order chi connectivity index (χ0) is 13.4. The van der Waals surface area contributed by atoms with Gasteiger partial charge in [0.05, 0.1) is 5.56 Å². The van der Waals surface area contributed by atoms with Crippen molar-refractivity contribution in [1.29, 1.82) is 0 Å². The number of rotatable bonds is 8. The highest BCUT2D eigenvalue weighted by atomic mass is 32.1. The zero-order valence-electron chi connectivity index (χ0n) is 11.0. The van der Waals surface area contributed by atoms with E-state index in [9.17, 15) is 0 Å². The minimum absolute atomic E-state index is 0.368. The molecule has 0 fully saturated rings. The summed E-state index contributed by atoms with van der Waals surface area (Å²) in [6.45, 7) is 6.42. The monoisotopic (exact) mass is 267 g/mol. The summed E-state index contributed by atoms with van der Waals surface area (Å²) in [6.07, 6.45) is 1.99. The molecule has 5 heteroatoms. The van der Waals surface area contributed by atoms with E-state index >= 15 is 0 Å². The van der Waals surface area contributed by atoms with Crippen LogP contribution in [0.2, 0.25) is 0 Å². The van der Waals surface area contributed by atoms with Crippen LogP contribution in [0.5, 0.6) is 0 Å². The molecular formula is C13H21N3OS. The largest absolute Gasteiger partial charge is 0.389 e. The molecule has 0 saturated carbocycles. The van der Waals surface area contributed by atoms with Crippen molar-refractivity contribution in [3.63, 3.8) is 0 Å². The summed E-state index contributed by atoms with van der Waals surface area (Å²) in [6, 6.07) is 3.81. The third-order valence-electron chi connectivity index (χ3n) is 2.41. The maximum atomic E-state index is 5.66. The van der Waals surface area contributed by atoms with Gasteiger partial charge in [-0.25, -0.2) is 4.98 Å². The summed E-state index contributed by atoms with van der Waals surface area (Å²) in [5.74, 6) is 0.762. The molecule has 0 atom stereocenters. The lowest BCUT2D eigenvalue weighted by Gasteiger charge is -2.11. The van der Waals surface area contributed by atoms with Gasteiger partial charge < -0.3 is 15.8 Å². The maximum Gasteiger partial charge on any atom is 0.136 e. The average Bonchev–Trinajstić information content (AvgIpc) is 2.33. The van der Waals surface area contributed by atoms with E-state index in [-0.39, 0.29) is 0 Å². The molecule has 1 aromatic rings. The number of aryl methyl sites for hydroxylation is 1. The zero-order valence-corrected chi connectivity index (χ0v) is 11.8. The van der Waals surface area contributed by atoms with Gasteiger partial charge in [-0.05, 0) is 31.9 Å². The van der Waals surface area contributed by atoms with Gasteiger partial charge >= 0.3 is 0 Å². The smallest absolute Gasteiger partial charge is 0.136 e. The van der Waals surface area contributed by atoms with Gasteiger partial charge in [0.1, 0.15) is 10.8 Å². The molecule has 1 aromatic heterocycles. The fourth-order valence-electron chi connectivity index (χ4n) is 1.52. The van der Waals surface area contributed by atoms with E-state index in [1.165, 1.54) is 0 Å². The molecule has 1 heterocycles. The summed E-state index contributed by atoms with van der Waals surface area (Å²) in [4.78, 5) is 4.78. The average molecular weight is 267 g/mol. The molecule has 3 N–H and O–H groups in total. The molecule has 0 bridgehead atoms. The molecule has 18 heavy (non-hydrogen) atoms. The van der Waals surface area contributed by atoms with Gasteiger partial charge in [0.2, 0.25) is 0 Å². The highest BCUT2D eigenvalue weighted by Gasteiger charge is 2.06. The fourth-order valence-corrected chi connectivity index (χ4v) is 1.68. The Kier molecular flexibility index (Phi) is 6.60. The van der Waals surface area contributed by atoms with Crippen LogP contribution in [0.15, 0.2) is 12.1 Å². The summed E-state index contributed by atoms with van der Waals surface area (Å²) in [7, 11) is 0. The Bertz CT molecular complexity index is 396. The molecule has 0 aliphatic carbocycles. The molecule has 4 nitrogen and oxygen atoms in total.